The molecule has 104 valence electrons. The third-order valence-electron chi connectivity index (χ3n) is 2.70. The van der Waals surface area contributed by atoms with Crippen molar-refractivity contribution in [2.45, 2.75) is 18.7 Å². The zero-order chi connectivity index (χ0) is 14.8. The highest BCUT2D eigenvalue weighted by Gasteiger charge is 2.09. The molecule has 0 unspecified atom stereocenters. The number of rotatable bonds is 3. The van der Waals surface area contributed by atoms with E-state index in [1.54, 1.807) is 19.2 Å². The molecule has 0 spiro atoms. The maximum Gasteiger partial charge on any atom is 0.294 e. The number of hydrogen-bond donors (Lipinski definition) is 1. The minimum atomic E-state index is -4.22. The van der Waals surface area contributed by atoms with Gasteiger partial charge in [-0.25, -0.2) is 0 Å². The number of pyridine rings is 1. The molecule has 0 aliphatic heterocycles. The summed E-state index contributed by atoms with van der Waals surface area (Å²) in [6, 6.07) is 9.59. The van der Waals surface area contributed by atoms with Crippen molar-refractivity contribution in [3.63, 3.8) is 0 Å². The summed E-state index contributed by atoms with van der Waals surface area (Å²) in [5.74, 6) is 0. The topological polar surface area (TPSA) is 79.6 Å². The molecule has 0 fully saturated rings. The van der Waals surface area contributed by atoms with Gasteiger partial charge in [-0.2, -0.15) is 8.42 Å². The highest BCUT2D eigenvalue weighted by molar-refractivity contribution is 7.85. The molecule has 2 aromatic rings. The average molecular weight is 290 g/mol. The van der Waals surface area contributed by atoms with Crippen LogP contribution in [0.15, 0.2) is 52.5 Å². The van der Waals surface area contributed by atoms with Crippen LogP contribution in [0, 0.1) is 6.92 Å². The molecule has 0 aliphatic rings. The van der Waals surface area contributed by atoms with Crippen LogP contribution in [0.4, 0.5) is 5.69 Å². The van der Waals surface area contributed by atoms with Crippen LogP contribution in [-0.2, 0) is 10.1 Å². The minimum absolute atomic E-state index is 0.177. The van der Waals surface area contributed by atoms with Crippen LogP contribution in [-0.4, -0.2) is 23.7 Å². The summed E-state index contributed by atoms with van der Waals surface area (Å²) in [5.41, 5.74) is 2.90. The lowest BCUT2D eigenvalue weighted by molar-refractivity contribution is 0.483. The Kier molecular flexibility index (Phi) is 3.96. The number of hydrogen-bond acceptors (Lipinski definition) is 4. The molecule has 0 radical (unpaired) electrons. The molecular weight excluding hydrogens is 276 g/mol. The van der Waals surface area contributed by atoms with Gasteiger partial charge in [0.2, 0.25) is 0 Å². The highest BCUT2D eigenvalue weighted by atomic mass is 32.2. The molecule has 2 rings (SSSR count). The third-order valence-corrected chi connectivity index (χ3v) is 3.55. The molecule has 0 saturated heterocycles. The molecule has 1 N–H and O–H groups in total. The Morgan fingerprint density at radius 2 is 2.00 bits per heavy atom. The van der Waals surface area contributed by atoms with Gasteiger partial charge in [0.25, 0.3) is 10.1 Å². The van der Waals surface area contributed by atoms with Crippen molar-refractivity contribution >= 4 is 21.5 Å². The molecule has 6 heteroatoms. The van der Waals surface area contributed by atoms with E-state index in [1.165, 1.54) is 18.2 Å². The van der Waals surface area contributed by atoms with Gasteiger partial charge in [0.1, 0.15) is 0 Å². The zero-order valence-corrected chi connectivity index (χ0v) is 11.9. The van der Waals surface area contributed by atoms with Gasteiger partial charge in [-0.15, -0.1) is 0 Å². The van der Waals surface area contributed by atoms with E-state index in [4.69, 9.17) is 4.55 Å². The van der Waals surface area contributed by atoms with Crippen LogP contribution in [0.5, 0.6) is 0 Å². The van der Waals surface area contributed by atoms with Crippen molar-refractivity contribution in [2.75, 3.05) is 0 Å². The highest BCUT2D eigenvalue weighted by Crippen LogP contribution is 2.19. The molecule has 0 saturated carbocycles. The van der Waals surface area contributed by atoms with Gasteiger partial charge in [-0.3, -0.25) is 14.5 Å². The number of aromatic nitrogens is 1. The van der Waals surface area contributed by atoms with Gasteiger partial charge in [0.15, 0.2) is 0 Å². The van der Waals surface area contributed by atoms with Crippen LogP contribution < -0.4 is 0 Å². The zero-order valence-electron chi connectivity index (χ0n) is 11.1. The van der Waals surface area contributed by atoms with E-state index in [9.17, 15) is 8.42 Å². The lowest BCUT2D eigenvalue weighted by Gasteiger charge is -2.03. The average Bonchev–Trinajstić information content (AvgIpc) is 2.38. The molecule has 0 bridgehead atoms. The molecule has 0 atom stereocenters. The van der Waals surface area contributed by atoms with E-state index in [2.05, 4.69) is 9.98 Å². The predicted molar refractivity (Wildman–Crippen MR) is 77.1 cm³/mol. The lowest BCUT2D eigenvalue weighted by Crippen LogP contribution is -1.99. The first-order chi connectivity index (χ1) is 9.36. The monoisotopic (exact) mass is 290 g/mol. The SMILES string of the molecule is CC(=Nc1cccc(S(=O)(=O)O)c1)c1cc(C)ccn1. The van der Waals surface area contributed by atoms with E-state index in [1.807, 2.05) is 19.1 Å². The van der Waals surface area contributed by atoms with Crippen molar-refractivity contribution in [3.05, 3.63) is 53.9 Å². The Hall–Kier alpha value is -2.05. The van der Waals surface area contributed by atoms with Gasteiger partial charge in [0, 0.05) is 6.20 Å². The minimum Gasteiger partial charge on any atom is -0.282 e. The number of aliphatic imine (C=N–C) groups is 1. The lowest BCUT2D eigenvalue weighted by atomic mass is 10.2. The predicted octanol–water partition coefficient (Wildman–Crippen LogP) is 2.78. The van der Waals surface area contributed by atoms with E-state index in [0.29, 0.717) is 11.4 Å². The standard InChI is InChI=1S/C14H14N2O3S/c1-10-6-7-15-14(8-10)11(2)16-12-4-3-5-13(9-12)20(17,18)19/h3-9H,1-2H3,(H,17,18,19). The van der Waals surface area contributed by atoms with Crippen LogP contribution in [0.1, 0.15) is 18.2 Å². The molecule has 1 aromatic carbocycles. The van der Waals surface area contributed by atoms with Crippen molar-refractivity contribution < 1.29 is 13.0 Å². The Morgan fingerprint density at radius 1 is 1.25 bits per heavy atom. The molecule has 1 heterocycles. The Morgan fingerprint density at radius 3 is 2.65 bits per heavy atom. The quantitative estimate of drug-likeness (QED) is 0.696. The second-order valence-corrected chi connectivity index (χ2v) is 5.81. The molecule has 0 aliphatic carbocycles. The van der Waals surface area contributed by atoms with E-state index in [-0.39, 0.29) is 4.90 Å². The van der Waals surface area contributed by atoms with Gasteiger partial charge >= 0.3 is 0 Å². The smallest absolute Gasteiger partial charge is 0.282 e. The van der Waals surface area contributed by atoms with Crippen molar-refractivity contribution in [1.82, 2.24) is 4.98 Å². The van der Waals surface area contributed by atoms with E-state index in [0.717, 1.165) is 11.3 Å². The molecule has 0 amide bonds. The first kappa shape index (κ1) is 14.4. The summed E-state index contributed by atoms with van der Waals surface area (Å²) in [6.45, 7) is 3.75. The first-order valence-corrected chi connectivity index (χ1v) is 7.36. The van der Waals surface area contributed by atoms with Crippen LogP contribution in [0.3, 0.4) is 0 Å². The maximum atomic E-state index is 11.1. The first-order valence-electron chi connectivity index (χ1n) is 5.92. The Balaban J connectivity index is 2.40. The summed E-state index contributed by atoms with van der Waals surface area (Å²) < 4.78 is 31.2. The van der Waals surface area contributed by atoms with Crippen molar-refractivity contribution in [3.8, 4) is 0 Å². The third kappa shape index (κ3) is 3.49. The van der Waals surface area contributed by atoms with Gasteiger partial charge in [0.05, 0.1) is 22.0 Å². The number of benzene rings is 1. The van der Waals surface area contributed by atoms with Gasteiger partial charge in [-0.1, -0.05) is 6.07 Å². The fourth-order valence-electron chi connectivity index (χ4n) is 1.70. The van der Waals surface area contributed by atoms with Crippen molar-refractivity contribution in [1.29, 1.82) is 0 Å². The van der Waals surface area contributed by atoms with Crippen LogP contribution in [0.2, 0.25) is 0 Å². The Bertz CT molecular complexity index is 767. The van der Waals surface area contributed by atoms with E-state index >= 15 is 0 Å². The largest absolute Gasteiger partial charge is 0.294 e. The van der Waals surface area contributed by atoms with Crippen LogP contribution in [0.25, 0.3) is 0 Å². The summed E-state index contributed by atoms with van der Waals surface area (Å²) >= 11 is 0. The molecule has 1 aromatic heterocycles. The van der Waals surface area contributed by atoms with Crippen LogP contribution >= 0.6 is 0 Å². The van der Waals surface area contributed by atoms with Gasteiger partial charge in [-0.05, 0) is 49.7 Å². The fraction of sp³-hybridized carbons (Fsp3) is 0.143. The molecular formula is C14H14N2O3S. The summed E-state index contributed by atoms with van der Waals surface area (Å²) in [7, 11) is -4.22. The number of aryl methyl sites for hydroxylation is 1. The summed E-state index contributed by atoms with van der Waals surface area (Å²) in [6.07, 6.45) is 1.69. The molecule has 20 heavy (non-hydrogen) atoms. The number of nitrogens with zero attached hydrogens (tertiary/aromatic N) is 2. The van der Waals surface area contributed by atoms with Gasteiger partial charge < -0.3 is 0 Å². The summed E-state index contributed by atoms with van der Waals surface area (Å²) in [5, 5.41) is 0. The second kappa shape index (κ2) is 5.52. The second-order valence-electron chi connectivity index (χ2n) is 4.39. The fourth-order valence-corrected chi connectivity index (χ4v) is 2.22. The van der Waals surface area contributed by atoms with Crippen molar-refractivity contribution in [2.24, 2.45) is 4.99 Å². The molecule has 5 nitrogen and oxygen atoms in total. The Labute approximate surface area is 117 Å². The maximum absolute atomic E-state index is 11.1. The normalized spacial score (nSPS) is 12.4. The van der Waals surface area contributed by atoms with E-state index < -0.39 is 10.1 Å². The summed E-state index contributed by atoms with van der Waals surface area (Å²) in [4.78, 5) is 8.35.